The molecule has 204 valence electrons. The van der Waals surface area contributed by atoms with Crippen LogP contribution in [0.2, 0.25) is 0 Å². The fourth-order valence-electron chi connectivity index (χ4n) is 3.60. The van der Waals surface area contributed by atoms with Crippen molar-refractivity contribution in [3.8, 4) is 17.3 Å². The Labute approximate surface area is 223 Å². The SMILES string of the molecule is CC[C@@H](C)NS(=O)(=O)c1cc(NC(=O)C(C)C)ccc1Oc1c(C)c(C(=O)O)nn1-c1cc(C)ccc1C. The summed E-state index contributed by atoms with van der Waals surface area (Å²) in [4.78, 5) is 24.0. The summed E-state index contributed by atoms with van der Waals surface area (Å²) in [7, 11) is -4.09. The molecule has 1 heterocycles. The standard InChI is InChI=1S/C27H34N4O6S/c1-8-18(6)30-38(35,36)23-14-20(28-25(32)15(2)3)11-12-22(23)37-26-19(7)24(27(33)34)29-31(26)21-13-16(4)9-10-17(21)5/h9-15,18,30H,8H2,1-7H3,(H,28,32)(H,33,34)/t18-/m1/s1. The van der Waals surface area contributed by atoms with Crippen molar-refractivity contribution in [2.24, 2.45) is 5.92 Å². The van der Waals surface area contributed by atoms with Crippen LogP contribution in [0.15, 0.2) is 41.3 Å². The third kappa shape index (κ3) is 6.22. The smallest absolute Gasteiger partial charge is 0.356 e. The second-order valence-corrected chi connectivity index (χ2v) is 11.3. The maximum atomic E-state index is 13.4. The molecule has 1 amide bonds. The minimum Gasteiger partial charge on any atom is -0.476 e. The quantitative estimate of drug-likeness (QED) is 0.329. The van der Waals surface area contributed by atoms with Crippen LogP contribution < -0.4 is 14.8 Å². The highest BCUT2D eigenvalue weighted by Gasteiger charge is 2.27. The van der Waals surface area contributed by atoms with E-state index in [4.69, 9.17) is 4.74 Å². The van der Waals surface area contributed by atoms with Gasteiger partial charge in [0.2, 0.25) is 21.8 Å². The van der Waals surface area contributed by atoms with Crippen molar-refractivity contribution < 1.29 is 27.9 Å². The summed E-state index contributed by atoms with van der Waals surface area (Å²) in [5, 5.41) is 16.7. The number of carbonyl (C=O) groups excluding carboxylic acids is 1. The second kappa shape index (κ2) is 11.4. The van der Waals surface area contributed by atoms with Gasteiger partial charge in [-0.05, 0) is 69.5 Å². The van der Waals surface area contributed by atoms with Gasteiger partial charge in [0.15, 0.2) is 5.69 Å². The zero-order valence-electron chi connectivity index (χ0n) is 22.6. The summed E-state index contributed by atoms with van der Waals surface area (Å²) in [6.45, 7) is 12.3. The number of carbonyl (C=O) groups is 2. The number of anilines is 1. The Balaban J connectivity index is 2.21. The molecule has 3 rings (SSSR count). The number of aromatic nitrogens is 2. The van der Waals surface area contributed by atoms with E-state index in [2.05, 4.69) is 15.1 Å². The van der Waals surface area contributed by atoms with Crippen molar-refractivity contribution >= 4 is 27.6 Å². The molecule has 1 aromatic heterocycles. The Morgan fingerprint density at radius 3 is 2.37 bits per heavy atom. The number of aryl methyl sites for hydroxylation is 2. The molecule has 38 heavy (non-hydrogen) atoms. The lowest BCUT2D eigenvalue weighted by atomic mass is 10.1. The summed E-state index contributed by atoms with van der Waals surface area (Å²) in [5.41, 5.74) is 2.63. The van der Waals surface area contributed by atoms with Crippen LogP contribution in [-0.2, 0) is 14.8 Å². The third-order valence-corrected chi connectivity index (χ3v) is 7.67. The normalized spacial score (nSPS) is 12.4. The fourth-order valence-corrected chi connectivity index (χ4v) is 5.08. The Bertz CT molecular complexity index is 1480. The number of hydrogen-bond acceptors (Lipinski definition) is 6. The summed E-state index contributed by atoms with van der Waals surface area (Å²) >= 11 is 0. The summed E-state index contributed by atoms with van der Waals surface area (Å²) in [6, 6.07) is 9.57. The van der Waals surface area contributed by atoms with Gasteiger partial charge in [0.25, 0.3) is 0 Å². The number of nitrogens with one attached hydrogen (secondary N) is 2. The van der Waals surface area contributed by atoms with E-state index in [1.54, 1.807) is 27.7 Å². The number of sulfonamides is 1. The summed E-state index contributed by atoms with van der Waals surface area (Å²) in [5.74, 6) is -1.81. The third-order valence-electron chi connectivity index (χ3n) is 6.06. The number of carboxylic acids is 1. The van der Waals surface area contributed by atoms with Crippen LogP contribution >= 0.6 is 0 Å². The summed E-state index contributed by atoms with van der Waals surface area (Å²) < 4.78 is 37.0. The van der Waals surface area contributed by atoms with E-state index in [1.165, 1.54) is 22.9 Å². The lowest BCUT2D eigenvalue weighted by Gasteiger charge is -2.18. The maximum Gasteiger partial charge on any atom is 0.356 e. The van der Waals surface area contributed by atoms with Gasteiger partial charge in [-0.2, -0.15) is 9.78 Å². The van der Waals surface area contributed by atoms with Gasteiger partial charge in [0, 0.05) is 23.2 Å². The van der Waals surface area contributed by atoms with Crippen LogP contribution in [-0.4, -0.2) is 41.2 Å². The Kier molecular flexibility index (Phi) is 8.63. The molecule has 0 saturated heterocycles. The molecule has 0 bridgehead atoms. The molecule has 3 N–H and O–H groups in total. The highest BCUT2D eigenvalue weighted by molar-refractivity contribution is 7.89. The van der Waals surface area contributed by atoms with E-state index in [1.807, 2.05) is 39.0 Å². The first kappa shape index (κ1) is 28.9. The van der Waals surface area contributed by atoms with Gasteiger partial charge in [0.1, 0.15) is 10.6 Å². The van der Waals surface area contributed by atoms with Gasteiger partial charge < -0.3 is 15.2 Å². The van der Waals surface area contributed by atoms with E-state index < -0.39 is 16.0 Å². The molecular formula is C27H34N4O6S. The lowest BCUT2D eigenvalue weighted by molar-refractivity contribution is -0.118. The number of amides is 1. The van der Waals surface area contributed by atoms with Crippen LogP contribution in [0.25, 0.3) is 5.69 Å². The molecular weight excluding hydrogens is 508 g/mol. The molecule has 3 aromatic rings. The Morgan fingerprint density at radius 2 is 1.76 bits per heavy atom. The van der Waals surface area contributed by atoms with Gasteiger partial charge in [-0.15, -0.1) is 0 Å². The monoisotopic (exact) mass is 542 g/mol. The van der Waals surface area contributed by atoms with Crippen LogP contribution in [0.1, 0.15) is 61.3 Å². The first-order valence-corrected chi connectivity index (χ1v) is 13.8. The largest absolute Gasteiger partial charge is 0.476 e. The number of rotatable bonds is 10. The number of ether oxygens (including phenoxy) is 1. The van der Waals surface area contributed by atoms with Crippen LogP contribution in [0.3, 0.4) is 0 Å². The molecule has 0 radical (unpaired) electrons. The Morgan fingerprint density at radius 1 is 1.08 bits per heavy atom. The molecule has 0 aliphatic heterocycles. The zero-order chi connectivity index (χ0) is 28.4. The van der Waals surface area contributed by atoms with Crippen molar-refractivity contribution in [2.75, 3.05) is 5.32 Å². The van der Waals surface area contributed by atoms with Crippen molar-refractivity contribution in [3.05, 3.63) is 58.8 Å². The number of hydrogen-bond donors (Lipinski definition) is 3. The predicted molar refractivity (Wildman–Crippen MR) is 145 cm³/mol. The fraction of sp³-hybridized carbons (Fsp3) is 0.370. The average Bonchev–Trinajstić information content (AvgIpc) is 3.17. The molecule has 0 aliphatic rings. The minimum absolute atomic E-state index is 0.0464. The highest BCUT2D eigenvalue weighted by Crippen LogP contribution is 2.36. The predicted octanol–water partition coefficient (Wildman–Crippen LogP) is 4.96. The van der Waals surface area contributed by atoms with Crippen LogP contribution in [0.5, 0.6) is 11.6 Å². The van der Waals surface area contributed by atoms with Gasteiger partial charge in [-0.1, -0.05) is 32.9 Å². The van der Waals surface area contributed by atoms with E-state index in [0.717, 1.165) is 11.1 Å². The average molecular weight is 543 g/mol. The van der Waals surface area contributed by atoms with Gasteiger partial charge in [-0.3, -0.25) is 4.79 Å². The topological polar surface area (TPSA) is 140 Å². The molecule has 0 spiro atoms. The van der Waals surface area contributed by atoms with Crippen LogP contribution in [0.4, 0.5) is 5.69 Å². The number of carboxylic acid groups (broad SMARTS) is 1. The molecule has 2 aromatic carbocycles. The highest BCUT2D eigenvalue weighted by atomic mass is 32.2. The molecule has 10 nitrogen and oxygen atoms in total. The lowest BCUT2D eigenvalue weighted by Crippen LogP contribution is -2.32. The van der Waals surface area contributed by atoms with Gasteiger partial charge in [0.05, 0.1) is 5.69 Å². The minimum atomic E-state index is -4.09. The van der Waals surface area contributed by atoms with Crippen molar-refractivity contribution in [1.82, 2.24) is 14.5 Å². The second-order valence-electron chi connectivity index (χ2n) is 9.62. The van der Waals surface area contributed by atoms with Gasteiger partial charge in [-0.25, -0.2) is 17.9 Å². The maximum absolute atomic E-state index is 13.4. The van der Waals surface area contributed by atoms with Crippen molar-refractivity contribution in [2.45, 2.75) is 65.8 Å². The molecule has 11 heteroatoms. The van der Waals surface area contributed by atoms with Crippen molar-refractivity contribution in [1.29, 1.82) is 0 Å². The van der Waals surface area contributed by atoms with E-state index in [9.17, 15) is 23.1 Å². The van der Waals surface area contributed by atoms with E-state index >= 15 is 0 Å². The van der Waals surface area contributed by atoms with Gasteiger partial charge >= 0.3 is 5.97 Å². The Hall–Kier alpha value is -3.70. The molecule has 0 fully saturated rings. The first-order valence-electron chi connectivity index (χ1n) is 12.3. The molecule has 0 saturated carbocycles. The number of nitrogens with zero attached hydrogens (tertiary/aromatic N) is 2. The number of aromatic carboxylic acids is 1. The molecule has 0 unspecified atom stereocenters. The van der Waals surface area contributed by atoms with E-state index in [-0.39, 0.29) is 51.3 Å². The molecule has 0 aliphatic carbocycles. The zero-order valence-corrected chi connectivity index (χ0v) is 23.4. The van der Waals surface area contributed by atoms with Crippen LogP contribution in [0, 0.1) is 26.7 Å². The van der Waals surface area contributed by atoms with E-state index in [0.29, 0.717) is 12.1 Å². The van der Waals surface area contributed by atoms with Crippen molar-refractivity contribution in [3.63, 3.8) is 0 Å². The number of benzene rings is 2. The summed E-state index contributed by atoms with van der Waals surface area (Å²) in [6.07, 6.45) is 0.555. The molecule has 1 atom stereocenters. The first-order chi connectivity index (χ1) is 17.7.